The summed E-state index contributed by atoms with van der Waals surface area (Å²) in [5.74, 6) is 0.862. The second-order valence-corrected chi connectivity index (χ2v) is 4.84. The van der Waals surface area contributed by atoms with Crippen molar-refractivity contribution >= 4 is 0 Å². The molecule has 16 heavy (non-hydrogen) atoms. The lowest BCUT2D eigenvalue weighted by molar-refractivity contribution is 0.478. The number of nitrogens with one attached hydrogen (secondary N) is 1. The van der Waals surface area contributed by atoms with E-state index in [1.807, 2.05) is 32.2 Å². The van der Waals surface area contributed by atoms with Gasteiger partial charge in [0.05, 0.1) is 0 Å². The monoisotopic (exact) mass is 221 g/mol. The molecule has 0 heterocycles. The van der Waals surface area contributed by atoms with E-state index in [-0.39, 0.29) is 11.9 Å². The summed E-state index contributed by atoms with van der Waals surface area (Å²) in [5.41, 5.74) is 1.56. The third-order valence-corrected chi connectivity index (χ3v) is 3.51. The van der Waals surface area contributed by atoms with Crippen LogP contribution in [-0.4, -0.2) is 7.05 Å². The van der Waals surface area contributed by atoms with Crippen LogP contribution in [0.15, 0.2) is 18.2 Å². The molecule has 0 saturated heterocycles. The highest BCUT2D eigenvalue weighted by Crippen LogP contribution is 2.36. The van der Waals surface area contributed by atoms with Gasteiger partial charge in [0.1, 0.15) is 5.82 Å². The Kier molecular flexibility index (Phi) is 3.59. The maximum Gasteiger partial charge on any atom is 0.130 e. The van der Waals surface area contributed by atoms with Crippen molar-refractivity contribution in [1.82, 2.24) is 5.32 Å². The Balaban J connectivity index is 2.08. The van der Waals surface area contributed by atoms with Gasteiger partial charge in [-0.05, 0) is 38.3 Å². The minimum Gasteiger partial charge on any atom is -0.313 e. The van der Waals surface area contributed by atoms with E-state index in [1.165, 1.54) is 19.3 Å². The first-order valence-corrected chi connectivity index (χ1v) is 6.14. The van der Waals surface area contributed by atoms with Gasteiger partial charge in [-0.3, -0.25) is 0 Å². The van der Waals surface area contributed by atoms with Gasteiger partial charge in [0, 0.05) is 11.6 Å². The topological polar surface area (TPSA) is 12.0 Å². The smallest absolute Gasteiger partial charge is 0.130 e. The molecule has 0 radical (unpaired) electrons. The summed E-state index contributed by atoms with van der Waals surface area (Å²) < 4.78 is 13.9. The molecule has 1 fully saturated rings. The molecule has 1 unspecified atom stereocenters. The van der Waals surface area contributed by atoms with Gasteiger partial charge < -0.3 is 5.32 Å². The van der Waals surface area contributed by atoms with Crippen LogP contribution in [0.3, 0.4) is 0 Å². The number of benzene rings is 1. The number of rotatable bonds is 5. The second kappa shape index (κ2) is 4.96. The zero-order valence-electron chi connectivity index (χ0n) is 10.1. The molecule has 2 heteroatoms. The first-order valence-electron chi connectivity index (χ1n) is 6.14. The van der Waals surface area contributed by atoms with Crippen LogP contribution in [0.25, 0.3) is 0 Å². The minimum atomic E-state index is -0.0438. The van der Waals surface area contributed by atoms with Crippen LogP contribution < -0.4 is 5.32 Å². The van der Waals surface area contributed by atoms with Crippen molar-refractivity contribution in [3.8, 4) is 0 Å². The predicted octanol–water partition coefficient (Wildman–Crippen LogP) is 3.58. The van der Waals surface area contributed by atoms with E-state index < -0.39 is 0 Å². The van der Waals surface area contributed by atoms with Crippen molar-refractivity contribution in [3.63, 3.8) is 0 Å². The third-order valence-electron chi connectivity index (χ3n) is 3.51. The maximum absolute atomic E-state index is 13.9. The first-order chi connectivity index (χ1) is 7.72. The zero-order valence-corrected chi connectivity index (χ0v) is 10.1. The molecule has 1 saturated carbocycles. The summed E-state index contributed by atoms with van der Waals surface area (Å²) in [7, 11) is 1.92. The van der Waals surface area contributed by atoms with Crippen LogP contribution in [0.4, 0.5) is 4.39 Å². The fraction of sp³-hybridized carbons (Fsp3) is 0.571. The Morgan fingerprint density at radius 2 is 2.19 bits per heavy atom. The van der Waals surface area contributed by atoms with Crippen molar-refractivity contribution < 1.29 is 4.39 Å². The third kappa shape index (κ3) is 2.62. The highest BCUT2D eigenvalue weighted by molar-refractivity contribution is 5.27. The van der Waals surface area contributed by atoms with Gasteiger partial charge in [-0.15, -0.1) is 0 Å². The van der Waals surface area contributed by atoms with Crippen molar-refractivity contribution in [2.75, 3.05) is 7.05 Å². The van der Waals surface area contributed by atoms with Crippen LogP contribution in [-0.2, 0) is 0 Å². The first kappa shape index (κ1) is 11.6. The van der Waals surface area contributed by atoms with E-state index in [0.717, 1.165) is 23.5 Å². The Bertz CT molecular complexity index is 358. The van der Waals surface area contributed by atoms with E-state index in [1.54, 1.807) is 0 Å². The molecule has 88 valence electrons. The molecule has 2 rings (SSSR count). The standard InChI is InChI=1S/C14H20FN/c1-10-4-3-5-12(14(10)15)13(16-2)9-8-11-6-7-11/h3-5,11,13,16H,6-9H2,1-2H3. The molecular formula is C14H20FN. The van der Waals surface area contributed by atoms with Crippen molar-refractivity contribution in [1.29, 1.82) is 0 Å². The van der Waals surface area contributed by atoms with Gasteiger partial charge in [-0.1, -0.05) is 31.0 Å². The lowest BCUT2D eigenvalue weighted by Gasteiger charge is -2.18. The summed E-state index contributed by atoms with van der Waals surface area (Å²) >= 11 is 0. The number of hydrogen-bond donors (Lipinski definition) is 1. The molecule has 1 aliphatic rings. The average molecular weight is 221 g/mol. The van der Waals surface area contributed by atoms with Crippen molar-refractivity contribution in [3.05, 3.63) is 35.1 Å². The van der Waals surface area contributed by atoms with Crippen LogP contribution in [0, 0.1) is 18.7 Å². The Morgan fingerprint density at radius 3 is 2.81 bits per heavy atom. The zero-order chi connectivity index (χ0) is 11.5. The van der Waals surface area contributed by atoms with Gasteiger partial charge in [-0.25, -0.2) is 4.39 Å². The molecular weight excluding hydrogens is 201 g/mol. The fourth-order valence-corrected chi connectivity index (χ4v) is 2.20. The highest BCUT2D eigenvalue weighted by atomic mass is 19.1. The molecule has 1 nitrogen and oxygen atoms in total. The Hall–Kier alpha value is -0.890. The largest absolute Gasteiger partial charge is 0.313 e. The average Bonchev–Trinajstić information content (AvgIpc) is 3.08. The van der Waals surface area contributed by atoms with E-state index >= 15 is 0 Å². The summed E-state index contributed by atoms with van der Waals surface area (Å²) in [5, 5.41) is 3.23. The Morgan fingerprint density at radius 1 is 1.44 bits per heavy atom. The van der Waals surface area contributed by atoms with Gasteiger partial charge in [0.15, 0.2) is 0 Å². The maximum atomic E-state index is 13.9. The highest BCUT2D eigenvalue weighted by Gasteiger charge is 2.23. The normalized spacial score (nSPS) is 17.4. The van der Waals surface area contributed by atoms with Gasteiger partial charge in [0.2, 0.25) is 0 Å². The van der Waals surface area contributed by atoms with E-state index in [4.69, 9.17) is 0 Å². The van der Waals surface area contributed by atoms with E-state index in [0.29, 0.717) is 0 Å². The molecule has 0 aliphatic heterocycles. The van der Waals surface area contributed by atoms with Crippen LogP contribution in [0.2, 0.25) is 0 Å². The molecule has 1 aromatic carbocycles. The molecule has 1 atom stereocenters. The molecule has 0 aromatic heterocycles. The number of hydrogen-bond acceptors (Lipinski definition) is 1. The van der Waals surface area contributed by atoms with Gasteiger partial charge in [-0.2, -0.15) is 0 Å². The summed E-state index contributed by atoms with van der Waals surface area (Å²) in [6.07, 6.45) is 5.00. The van der Waals surface area contributed by atoms with E-state index in [2.05, 4.69) is 5.32 Å². The summed E-state index contributed by atoms with van der Waals surface area (Å²) in [4.78, 5) is 0. The molecule has 0 amide bonds. The molecule has 0 spiro atoms. The van der Waals surface area contributed by atoms with Crippen molar-refractivity contribution in [2.45, 2.75) is 38.6 Å². The minimum absolute atomic E-state index is 0.0438. The lowest BCUT2D eigenvalue weighted by Crippen LogP contribution is -2.18. The van der Waals surface area contributed by atoms with Gasteiger partial charge in [0.25, 0.3) is 0 Å². The quantitative estimate of drug-likeness (QED) is 0.801. The van der Waals surface area contributed by atoms with Crippen LogP contribution in [0.5, 0.6) is 0 Å². The van der Waals surface area contributed by atoms with E-state index in [9.17, 15) is 4.39 Å². The predicted molar refractivity (Wildman–Crippen MR) is 64.9 cm³/mol. The second-order valence-electron chi connectivity index (χ2n) is 4.84. The number of aryl methyl sites for hydroxylation is 1. The lowest BCUT2D eigenvalue weighted by atomic mass is 9.98. The molecule has 1 aromatic rings. The van der Waals surface area contributed by atoms with Gasteiger partial charge >= 0.3 is 0 Å². The molecule has 0 bridgehead atoms. The summed E-state index contributed by atoms with van der Waals surface area (Å²) in [6.45, 7) is 1.83. The fourth-order valence-electron chi connectivity index (χ4n) is 2.20. The van der Waals surface area contributed by atoms with Crippen LogP contribution >= 0.6 is 0 Å². The number of halogens is 1. The molecule has 1 aliphatic carbocycles. The Labute approximate surface area is 97.1 Å². The van der Waals surface area contributed by atoms with Crippen molar-refractivity contribution in [2.24, 2.45) is 5.92 Å². The van der Waals surface area contributed by atoms with Crippen LogP contribution in [0.1, 0.15) is 42.9 Å². The molecule has 1 N–H and O–H groups in total. The SMILES string of the molecule is CNC(CCC1CC1)c1cccc(C)c1F. The summed E-state index contributed by atoms with van der Waals surface area (Å²) in [6, 6.07) is 5.83.